The van der Waals surface area contributed by atoms with Crippen LogP contribution in [0.4, 0.5) is 0 Å². The van der Waals surface area contributed by atoms with Gasteiger partial charge >= 0.3 is 11.9 Å². The number of carbonyl (C=O) groups excluding carboxylic acids is 4. The summed E-state index contributed by atoms with van der Waals surface area (Å²) in [6.07, 6.45) is 6.04. The van der Waals surface area contributed by atoms with Gasteiger partial charge in [0.2, 0.25) is 5.91 Å². The fraction of sp³-hybridized carbons (Fsp3) is 0.717. The maximum Gasteiger partial charge on any atom is 0.309 e. The number of aliphatic hydroxyl groups excluding tert-OH is 1. The van der Waals surface area contributed by atoms with Crippen LogP contribution in [0.5, 0.6) is 0 Å². The van der Waals surface area contributed by atoms with E-state index in [4.69, 9.17) is 4.74 Å². The average molecular weight is 762 g/mol. The van der Waals surface area contributed by atoms with E-state index in [1.54, 1.807) is 13.8 Å². The summed E-state index contributed by atoms with van der Waals surface area (Å²) in [4.78, 5) is 68.1. The summed E-state index contributed by atoms with van der Waals surface area (Å²) >= 11 is 0. The number of hydrogen-bond donors (Lipinski definition) is 2. The van der Waals surface area contributed by atoms with Crippen molar-refractivity contribution >= 4 is 29.4 Å². The summed E-state index contributed by atoms with van der Waals surface area (Å²) in [6, 6.07) is 9.49. The van der Waals surface area contributed by atoms with Gasteiger partial charge in [-0.2, -0.15) is 0 Å². The lowest BCUT2D eigenvalue weighted by molar-refractivity contribution is -0.206. The number of hydrogen-bond acceptors (Lipinski definition) is 7. The highest BCUT2D eigenvalue weighted by Crippen LogP contribution is 2.75. The largest absolute Gasteiger partial charge is 0.481 e. The number of carbonyl (C=O) groups is 5. The van der Waals surface area contributed by atoms with E-state index >= 15 is 0 Å². The quantitative estimate of drug-likeness (QED) is 0.181. The molecule has 9 heteroatoms. The van der Waals surface area contributed by atoms with Crippen LogP contribution in [0, 0.1) is 56.2 Å². The minimum atomic E-state index is -1.20. The predicted molar refractivity (Wildman–Crippen MR) is 211 cm³/mol. The number of nitrogens with zero attached hydrogens (tertiary/aromatic N) is 1. The number of amides is 1. The molecule has 5 rings (SSSR count). The molecule has 3 saturated carbocycles. The van der Waals surface area contributed by atoms with E-state index < -0.39 is 35.3 Å². The molecule has 9 nitrogen and oxygen atoms in total. The Bertz CT molecular complexity index is 1710. The third kappa shape index (κ3) is 7.25. The van der Waals surface area contributed by atoms with Crippen molar-refractivity contribution < 1.29 is 38.9 Å². The highest BCUT2D eigenvalue weighted by molar-refractivity contribution is 6.08. The first-order valence-electron chi connectivity index (χ1n) is 20.7. The summed E-state index contributed by atoms with van der Waals surface area (Å²) in [5.41, 5.74) is -0.112. The Morgan fingerprint density at radius 1 is 0.945 bits per heavy atom. The lowest BCUT2D eigenvalue weighted by Gasteiger charge is -2.70. The predicted octanol–water partition coefficient (Wildman–Crippen LogP) is 8.22. The number of allylic oxidation sites excluding steroid dienone is 2. The van der Waals surface area contributed by atoms with E-state index in [1.165, 1.54) is 4.90 Å². The van der Waals surface area contributed by atoms with Crippen LogP contribution in [0.1, 0.15) is 133 Å². The first kappa shape index (κ1) is 42.8. The van der Waals surface area contributed by atoms with Crippen LogP contribution in [-0.2, 0) is 35.3 Å². The minimum absolute atomic E-state index is 0.0363. The van der Waals surface area contributed by atoms with Gasteiger partial charge in [0.25, 0.3) is 0 Å². The number of aliphatic hydroxyl groups is 1. The number of aliphatic carboxylic acids is 1. The zero-order valence-electron chi connectivity index (χ0n) is 35.2. The van der Waals surface area contributed by atoms with Crippen LogP contribution < -0.4 is 0 Å². The summed E-state index contributed by atoms with van der Waals surface area (Å²) in [6.45, 7) is 20.8. The Morgan fingerprint density at radius 2 is 1.60 bits per heavy atom. The maximum atomic E-state index is 14.9. The molecule has 0 aromatic heterocycles. The topological polar surface area (TPSA) is 138 Å². The van der Waals surface area contributed by atoms with Crippen molar-refractivity contribution in [3.63, 3.8) is 0 Å². The van der Waals surface area contributed by atoms with Crippen LogP contribution in [-0.4, -0.2) is 64.3 Å². The van der Waals surface area contributed by atoms with E-state index in [-0.39, 0.29) is 83.5 Å². The molecule has 4 aliphatic carbocycles. The van der Waals surface area contributed by atoms with Crippen molar-refractivity contribution in [3.8, 4) is 0 Å². The second-order valence-corrected chi connectivity index (χ2v) is 20.0. The molecule has 0 unspecified atom stereocenters. The molecule has 1 aromatic rings. The molecule has 1 amide bonds. The van der Waals surface area contributed by atoms with Gasteiger partial charge in [-0.15, -0.1) is 0 Å². The molecule has 1 aromatic carbocycles. The second kappa shape index (κ2) is 15.2. The SMILES string of the molecule is CC[C@]1(C)[C@H]2CC[C@@H]3C4=C(C(C)C)C(=O)C[C@]4(C(=O)CN(Cc4ccccc4)C(=O)CO)CC[C@@]3(C)[C@]2(C)CC[C@H]1C(C)(C)COC(=O)CC(C)(C)C(=O)O. The van der Waals surface area contributed by atoms with Gasteiger partial charge in [0.05, 0.1) is 30.4 Å². The van der Waals surface area contributed by atoms with Crippen LogP contribution in [0.3, 0.4) is 0 Å². The van der Waals surface area contributed by atoms with Gasteiger partial charge in [-0.1, -0.05) is 92.1 Å². The fourth-order valence-electron chi connectivity index (χ4n) is 12.4. The molecular weight excluding hydrogens is 695 g/mol. The van der Waals surface area contributed by atoms with Gasteiger partial charge < -0.3 is 19.8 Å². The molecule has 2 N–H and O–H groups in total. The maximum absolute atomic E-state index is 14.9. The Morgan fingerprint density at radius 3 is 2.18 bits per heavy atom. The number of esters is 1. The summed E-state index contributed by atoms with van der Waals surface area (Å²) < 4.78 is 5.85. The van der Waals surface area contributed by atoms with Gasteiger partial charge in [-0.25, -0.2) is 0 Å². The molecule has 55 heavy (non-hydrogen) atoms. The lowest BCUT2D eigenvalue weighted by atomic mass is 9.34. The van der Waals surface area contributed by atoms with E-state index in [0.717, 1.165) is 55.2 Å². The number of rotatable bonds is 14. The van der Waals surface area contributed by atoms with Gasteiger partial charge in [0.1, 0.15) is 6.61 Å². The van der Waals surface area contributed by atoms with Crippen molar-refractivity contribution in [1.82, 2.24) is 4.90 Å². The van der Waals surface area contributed by atoms with E-state index in [9.17, 15) is 34.2 Å². The van der Waals surface area contributed by atoms with Crippen LogP contribution >= 0.6 is 0 Å². The first-order chi connectivity index (χ1) is 25.5. The van der Waals surface area contributed by atoms with Crippen molar-refractivity contribution in [2.75, 3.05) is 19.8 Å². The molecule has 304 valence electrons. The molecule has 4 aliphatic rings. The number of ketones is 2. The summed E-state index contributed by atoms with van der Waals surface area (Å²) in [7, 11) is 0. The number of carboxylic acids is 1. The number of benzene rings is 1. The van der Waals surface area contributed by atoms with E-state index in [2.05, 4.69) is 55.4 Å². The van der Waals surface area contributed by atoms with Crippen LogP contribution in [0.15, 0.2) is 41.5 Å². The highest BCUT2D eigenvalue weighted by Gasteiger charge is 2.69. The van der Waals surface area contributed by atoms with E-state index in [0.29, 0.717) is 12.3 Å². The zero-order valence-corrected chi connectivity index (χ0v) is 35.2. The third-order valence-corrected chi connectivity index (χ3v) is 15.7. The molecule has 0 spiro atoms. The van der Waals surface area contributed by atoms with Crippen molar-refractivity contribution in [3.05, 3.63) is 47.0 Å². The number of fused-ring (bicyclic) bond motifs is 5. The molecule has 7 atom stereocenters. The summed E-state index contributed by atoms with van der Waals surface area (Å²) in [5, 5.41) is 19.5. The third-order valence-electron chi connectivity index (χ3n) is 15.7. The molecule has 0 heterocycles. The standard InChI is InChI=1S/C46H67NO8/c1-11-43(8)33(42(6,7)28-55-37(52)24-41(4,5)40(53)54)19-20-45(10)34(43)18-17-31-39-38(29(2)3)32(49)23-46(39,22-21-44(31,45)9)35(50)26-47(36(51)27-48)25-30-15-13-12-14-16-30/h12-16,29,31,33-34,48H,11,17-28H2,1-10H3,(H,53,54)/t31-,33+,34-,43+,44-,45-,46+/m1/s1. The van der Waals surface area contributed by atoms with Crippen LogP contribution in [0.2, 0.25) is 0 Å². The van der Waals surface area contributed by atoms with E-state index in [1.807, 2.05) is 30.3 Å². The normalized spacial score (nSPS) is 32.1. The molecule has 0 aliphatic heterocycles. The number of ether oxygens (including phenoxy) is 1. The van der Waals surface area contributed by atoms with Gasteiger partial charge in [0, 0.05) is 18.4 Å². The smallest absolute Gasteiger partial charge is 0.309 e. The number of carboxylic acid groups (broad SMARTS) is 1. The monoisotopic (exact) mass is 761 g/mol. The van der Waals surface area contributed by atoms with Crippen molar-refractivity contribution in [2.24, 2.45) is 56.2 Å². The fourth-order valence-corrected chi connectivity index (χ4v) is 12.4. The lowest BCUT2D eigenvalue weighted by Crippen LogP contribution is -2.64. The average Bonchev–Trinajstić information content (AvgIpc) is 3.44. The molecule has 0 radical (unpaired) electrons. The van der Waals surface area contributed by atoms with Crippen molar-refractivity contribution in [1.29, 1.82) is 0 Å². The molecule has 0 bridgehead atoms. The first-order valence-corrected chi connectivity index (χ1v) is 20.7. The molecule has 0 saturated heterocycles. The summed E-state index contributed by atoms with van der Waals surface area (Å²) in [5.74, 6) is -1.42. The Kier molecular flexibility index (Phi) is 11.8. The molecular formula is C46H67NO8. The van der Waals surface area contributed by atoms with Gasteiger partial charge in [0.15, 0.2) is 11.6 Å². The Labute approximate surface area is 329 Å². The Balaban J connectivity index is 1.46. The minimum Gasteiger partial charge on any atom is -0.481 e. The van der Waals surface area contributed by atoms with Crippen molar-refractivity contribution in [2.45, 2.75) is 134 Å². The van der Waals surface area contributed by atoms with Gasteiger partial charge in [-0.3, -0.25) is 24.0 Å². The highest BCUT2D eigenvalue weighted by atomic mass is 16.5. The second-order valence-electron chi connectivity index (χ2n) is 20.0. The molecule has 3 fully saturated rings. The zero-order chi connectivity index (χ0) is 40.9. The number of Topliss-reactive ketones (excluding diaryl/α,β-unsaturated/α-hetero) is 2. The van der Waals surface area contributed by atoms with Gasteiger partial charge in [-0.05, 0) is 109 Å². The Hall–Kier alpha value is -3.33. The van der Waals surface area contributed by atoms with Crippen LogP contribution in [0.25, 0.3) is 0 Å².